The monoisotopic (exact) mass is 491 g/mol. The molecule has 1 N–H and O–H groups in total. The molecule has 1 atom stereocenters. The summed E-state index contributed by atoms with van der Waals surface area (Å²) in [6, 6.07) is 21.3. The maximum Gasteiger partial charge on any atom is 0.251 e. The van der Waals surface area contributed by atoms with Crippen LogP contribution in [0.5, 0.6) is 5.75 Å². The molecule has 0 fully saturated rings. The van der Waals surface area contributed by atoms with Crippen LogP contribution in [0.1, 0.15) is 40.3 Å². The Morgan fingerprint density at radius 2 is 1.78 bits per heavy atom. The van der Waals surface area contributed by atoms with Gasteiger partial charge in [0.2, 0.25) is 0 Å². The second-order valence-corrected chi connectivity index (χ2v) is 8.80. The quantitative estimate of drug-likeness (QED) is 0.345. The lowest BCUT2D eigenvalue weighted by molar-refractivity contribution is 0.0937. The summed E-state index contributed by atoms with van der Waals surface area (Å²) in [5.74, 6) is 1.60. The molecule has 4 aromatic rings. The van der Waals surface area contributed by atoms with Crippen LogP contribution in [-0.2, 0) is 6.54 Å². The number of hydrogen-bond acceptors (Lipinski definition) is 3. The minimum atomic E-state index is -0.269. The Balaban J connectivity index is 1.56. The largest absolute Gasteiger partial charge is 0.491 e. The summed E-state index contributed by atoms with van der Waals surface area (Å²) >= 11 is 3.42. The smallest absolute Gasteiger partial charge is 0.251 e. The second kappa shape index (κ2) is 9.57. The van der Waals surface area contributed by atoms with Gasteiger partial charge in [-0.1, -0.05) is 52.3 Å². The molecular formula is C26H26BrN3O2. The number of rotatable bonds is 7. The van der Waals surface area contributed by atoms with E-state index in [0.717, 1.165) is 38.2 Å². The number of benzene rings is 3. The number of hydrogen-bond donors (Lipinski definition) is 1. The summed E-state index contributed by atoms with van der Waals surface area (Å²) in [4.78, 5) is 17.6. The van der Waals surface area contributed by atoms with Gasteiger partial charge in [-0.05, 0) is 62.2 Å². The molecule has 1 unspecified atom stereocenters. The van der Waals surface area contributed by atoms with Crippen LogP contribution < -0.4 is 10.1 Å². The van der Waals surface area contributed by atoms with E-state index in [2.05, 4.69) is 51.8 Å². The number of nitrogens with one attached hydrogen (secondary N) is 1. The molecule has 0 aliphatic heterocycles. The normalized spacial score (nSPS) is 12.0. The molecule has 0 saturated heterocycles. The molecule has 164 valence electrons. The van der Waals surface area contributed by atoms with Crippen molar-refractivity contribution in [2.24, 2.45) is 0 Å². The van der Waals surface area contributed by atoms with Gasteiger partial charge in [-0.2, -0.15) is 0 Å². The molecule has 5 nitrogen and oxygen atoms in total. The lowest BCUT2D eigenvalue weighted by Gasteiger charge is -2.18. The predicted molar refractivity (Wildman–Crippen MR) is 131 cm³/mol. The van der Waals surface area contributed by atoms with Gasteiger partial charge < -0.3 is 14.6 Å². The number of ether oxygens (including phenoxy) is 1. The van der Waals surface area contributed by atoms with Crippen LogP contribution in [0.3, 0.4) is 0 Å². The summed E-state index contributed by atoms with van der Waals surface area (Å²) in [7, 11) is 0. The number of aromatic nitrogens is 2. The van der Waals surface area contributed by atoms with Crippen LogP contribution >= 0.6 is 15.9 Å². The SMILES string of the molecule is Cc1cccc(C)c1OCCn1c(C(C)NC(=O)c2cccc(Br)c2)nc2ccccc21. The summed E-state index contributed by atoms with van der Waals surface area (Å²) in [5, 5.41) is 3.08. The van der Waals surface area contributed by atoms with E-state index in [4.69, 9.17) is 9.72 Å². The number of carbonyl (C=O) groups excluding carboxylic acids is 1. The van der Waals surface area contributed by atoms with Crippen molar-refractivity contribution >= 4 is 32.9 Å². The van der Waals surface area contributed by atoms with Gasteiger partial charge in [0.1, 0.15) is 18.2 Å². The van der Waals surface area contributed by atoms with Crippen molar-refractivity contribution in [3.05, 3.63) is 93.7 Å². The van der Waals surface area contributed by atoms with E-state index in [1.807, 2.05) is 55.5 Å². The Kier molecular flexibility index (Phi) is 6.61. The Bertz CT molecular complexity index is 1240. The van der Waals surface area contributed by atoms with E-state index in [1.165, 1.54) is 0 Å². The van der Waals surface area contributed by atoms with E-state index in [1.54, 1.807) is 6.07 Å². The van der Waals surface area contributed by atoms with Gasteiger partial charge in [0, 0.05) is 10.0 Å². The van der Waals surface area contributed by atoms with Gasteiger partial charge in [0.25, 0.3) is 5.91 Å². The third-order valence-electron chi connectivity index (χ3n) is 5.48. The summed E-state index contributed by atoms with van der Waals surface area (Å²) < 4.78 is 9.15. The van der Waals surface area contributed by atoms with E-state index >= 15 is 0 Å². The van der Waals surface area contributed by atoms with Crippen molar-refractivity contribution in [3.8, 4) is 5.75 Å². The minimum Gasteiger partial charge on any atom is -0.491 e. The number of para-hydroxylation sites is 3. The molecule has 0 aliphatic rings. The van der Waals surface area contributed by atoms with E-state index in [-0.39, 0.29) is 11.9 Å². The number of imidazole rings is 1. The molecule has 1 aromatic heterocycles. The number of nitrogens with zero attached hydrogens (tertiary/aromatic N) is 2. The van der Waals surface area contributed by atoms with Gasteiger partial charge in [0.15, 0.2) is 0 Å². The number of halogens is 1. The van der Waals surface area contributed by atoms with Gasteiger partial charge in [0.05, 0.1) is 23.6 Å². The maximum atomic E-state index is 12.8. The Labute approximate surface area is 196 Å². The van der Waals surface area contributed by atoms with Gasteiger partial charge in [-0.3, -0.25) is 4.79 Å². The highest BCUT2D eigenvalue weighted by Gasteiger charge is 2.19. The fraction of sp³-hybridized carbons (Fsp3) is 0.231. The summed E-state index contributed by atoms with van der Waals surface area (Å²) in [6.07, 6.45) is 0. The molecule has 0 aliphatic carbocycles. The summed E-state index contributed by atoms with van der Waals surface area (Å²) in [5.41, 5.74) is 4.77. The van der Waals surface area contributed by atoms with E-state index < -0.39 is 0 Å². The first-order chi connectivity index (χ1) is 15.4. The molecule has 6 heteroatoms. The molecule has 0 spiro atoms. The highest BCUT2D eigenvalue weighted by atomic mass is 79.9. The Hall–Kier alpha value is -3.12. The third kappa shape index (κ3) is 4.70. The van der Waals surface area contributed by atoms with Crippen molar-refractivity contribution in [2.75, 3.05) is 6.61 Å². The molecule has 3 aromatic carbocycles. The van der Waals surface area contributed by atoms with Gasteiger partial charge in [-0.15, -0.1) is 0 Å². The molecule has 4 rings (SSSR count). The van der Waals surface area contributed by atoms with Crippen molar-refractivity contribution in [1.29, 1.82) is 0 Å². The fourth-order valence-corrected chi connectivity index (χ4v) is 4.30. The molecule has 0 radical (unpaired) electrons. The average molecular weight is 492 g/mol. The average Bonchev–Trinajstić information content (AvgIpc) is 3.14. The van der Waals surface area contributed by atoms with Crippen molar-refractivity contribution < 1.29 is 9.53 Å². The number of carbonyl (C=O) groups is 1. The maximum absolute atomic E-state index is 12.8. The molecule has 32 heavy (non-hydrogen) atoms. The predicted octanol–water partition coefficient (Wildman–Crippen LogP) is 5.99. The number of aryl methyl sites for hydroxylation is 2. The first kappa shape index (κ1) is 22.1. The molecule has 1 amide bonds. The lowest BCUT2D eigenvalue weighted by Crippen LogP contribution is -2.29. The highest BCUT2D eigenvalue weighted by Crippen LogP contribution is 2.24. The van der Waals surface area contributed by atoms with Crippen molar-refractivity contribution in [2.45, 2.75) is 33.4 Å². The van der Waals surface area contributed by atoms with Crippen LogP contribution in [0.15, 0.2) is 71.2 Å². The number of fused-ring (bicyclic) bond motifs is 1. The van der Waals surface area contributed by atoms with E-state index in [9.17, 15) is 4.79 Å². The fourth-order valence-electron chi connectivity index (χ4n) is 3.90. The Morgan fingerprint density at radius 1 is 1.06 bits per heavy atom. The van der Waals surface area contributed by atoms with Crippen LogP contribution in [0, 0.1) is 13.8 Å². The van der Waals surface area contributed by atoms with Crippen LogP contribution in [0.2, 0.25) is 0 Å². The first-order valence-corrected chi connectivity index (χ1v) is 11.4. The zero-order valence-corrected chi connectivity index (χ0v) is 20.0. The molecular weight excluding hydrogens is 466 g/mol. The van der Waals surface area contributed by atoms with Crippen molar-refractivity contribution in [1.82, 2.24) is 14.9 Å². The zero-order valence-electron chi connectivity index (χ0n) is 18.4. The van der Waals surface area contributed by atoms with Crippen molar-refractivity contribution in [3.63, 3.8) is 0 Å². The number of amides is 1. The van der Waals surface area contributed by atoms with Crippen LogP contribution in [0.25, 0.3) is 11.0 Å². The standard InChI is InChI=1S/C26H26BrN3O2/c1-17-8-6-9-18(2)24(17)32-15-14-30-23-13-5-4-12-22(23)29-25(30)19(3)28-26(31)20-10-7-11-21(27)16-20/h4-13,16,19H,14-15H2,1-3H3,(H,28,31). The summed E-state index contributed by atoms with van der Waals surface area (Å²) in [6.45, 7) is 7.20. The van der Waals surface area contributed by atoms with Gasteiger partial charge >= 0.3 is 0 Å². The molecule has 0 saturated carbocycles. The van der Waals surface area contributed by atoms with E-state index in [0.29, 0.717) is 18.7 Å². The first-order valence-electron chi connectivity index (χ1n) is 10.6. The zero-order chi connectivity index (χ0) is 22.7. The molecule has 0 bridgehead atoms. The van der Waals surface area contributed by atoms with Gasteiger partial charge in [-0.25, -0.2) is 4.98 Å². The Morgan fingerprint density at radius 3 is 2.53 bits per heavy atom. The molecule has 1 heterocycles. The highest BCUT2D eigenvalue weighted by molar-refractivity contribution is 9.10. The topological polar surface area (TPSA) is 56.1 Å². The third-order valence-corrected chi connectivity index (χ3v) is 5.97. The minimum absolute atomic E-state index is 0.135. The van der Waals surface area contributed by atoms with Crippen LogP contribution in [0.4, 0.5) is 0 Å². The van der Waals surface area contributed by atoms with Crippen LogP contribution in [-0.4, -0.2) is 22.1 Å². The lowest BCUT2D eigenvalue weighted by atomic mass is 10.1. The second-order valence-electron chi connectivity index (χ2n) is 7.89.